The minimum atomic E-state index is -0.366. The Labute approximate surface area is 75.6 Å². The first-order valence-electron chi connectivity index (χ1n) is 4.22. The van der Waals surface area contributed by atoms with Crippen molar-refractivity contribution < 1.29 is 4.79 Å². The molecular formula is C8H13N3O2. The molecule has 13 heavy (non-hydrogen) atoms. The van der Waals surface area contributed by atoms with Gasteiger partial charge in [-0.1, -0.05) is 6.92 Å². The second kappa shape index (κ2) is 3.93. The van der Waals surface area contributed by atoms with Crippen LogP contribution in [0.5, 0.6) is 0 Å². The summed E-state index contributed by atoms with van der Waals surface area (Å²) in [6, 6.07) is 0.117. The van der Waals surface area contributed by atoms with E-state index < -0.39 is 0 Å². The highest BCUT2D eigenvalue weighted by molar-refractivity contribution is 5.92. The number of nitrogens with one attached hydrogen (secondary N) is 3. The van der Waals surface area contributed by atoms with Gasteiger partial charge in [0.25, 0.3) is 5.91 Å². The van der Waals surface area contributed by atoms with Crippen LogP contribution >= 0.6 is 0 Å². The van der Waals surface area contributed by atoms with Crippen LogP contribution in [0.25, 0.3) is 0 Å². The van der Waals surface area contributed by atoms with Gasteiger partial charge in [0, 0.05) is 12.2 Å². The van der Waals surface area contributed by atoms with Gasteiger partial charge in [-0.15, -0.1) is 0 Å². The lowest BCUT2D eigenvalue weighted by atomic mass is 10.2. The number of carbonyl (C=O) groups is 1. The molecular weight excluding hydrogens is 170 g/mol. The van der Waals surface area contributed by atoms with Gasteiger partial charge in [-0.3, -0.25) is 4.79 Å². The topological polar surface area (TPSA) is 77.8 Å². The number of aromatic amines is 2. The molecule has 0 aliphatic heterocycles. The average Bonchev–Trinajstić information content (AvgIpc) is 2.51. The van der Waals surface area contributed by atoms with Gasteiger partial charge in [0.15, 0.2) is 0 Å². The third-order valence-corrected chi connectivity index (χ3v) is 1.83. The normalized spacial score (nSPS) is 12.5. The van der Waals surface area contributed by atoms with Gasteiger partial charge in [0.2, 0.25) is 0 Å². The zero-order chi connectivity index (χ0) is 9.84. The van der Waals surface area contributed by atoms with Crippen molar-refractivity contribution in [3.8, 4) is 0 Å². The van der Waals surface area contributed by atoms with Gasteiger partial charge in [0.1, 0.15) is 5.69 Å². The fourth-order valence-electron chi connectivity index (χ4n) is 0.858. The highest BCUT2D eigenvalue weighted by Crippen LogP contribution is 1.92. The average molecular weight is 183 g/mol. The van der Waals surface area contributed by atoms with Crippen molar-refractivity contribution >= 4 is 5.91 Å². The third kappa shape index (κ3) is 2.47. The molecule has 1 atom stereocenters. The second-order valence-corrected chi connectivity index (χ2v) is 2.94. The molecule has 0 spiro atoms. The molecule has 0 bridgehead atoms. The van der Waals surface area contributed by atoms with Crippen LogP contribution in [0, 0.1) is 0 Å². The Bertz CT molecular complexity index is 339. The van der Waals surface area contributed by atoms with E-state index in [1.807, 2.05) is 13.8 Å². The van der Waals surface area contributed by atoms with E-state index in [4.69, 9.17) is 0 Å². The lowest BCUT2D eigenvalue weighted by molar-refractivity contribution is 0.0934. The predicted molar refractivity (Wildman–Crippen MR) is 48.6 cm³/mol. The molecule has 3 N–H and O–H groups in total. The Balaban J connectivity index is 2.64. The number of carbonyl (C=O) groups excluding carboxylic acids is 1. The van der Waals surface area contributed by atoms with Crippen molar-refractivity contribution in [2.24, 2.45) is 0 Å². The predicted octanol–water partition coefficient (Wildman–Crippen LogP) is 0.231. The molecule has 0 aromatic carbocycles. The molecule has 1 rings (SSSR count). The summed E-state index contributed by atoms with van der Waals surface area (Å²) in [5.74, 6) is -0.257. The van der Waals surface area contributed by atoms with Crippen LogP contribution in [0.2, 0.25) is 0 Å². The van der Waals surface area contributed by atoms with Crippen molar-refractivity contribution in [2.45, 2.75) is 26.3 Å². The summed E-state index contributed by atoms with van der Waals surface area (Å²) in [6.07, 6.45) is 2.22. The maximum Gasteiger partial charge on any atom is 0.323 e. The summed E-state index contributed by atoms with van der Waals surface area (Å²) >= 11 is 0. The SMILES string of the molecule is CCC(C)NC(=O)c1c[nH]c(=O)[nH]1. The van der Waals surface area contributed by atoms with Gasteiger partial charge in [-0.2, -0.15) is 0 Å². The van der Waals surface area contributed by atoms with E-state index in [2.05, 4.69) is 15.3 Å². The quantitative estimate of drug-likeness (QED) is 0.627. The van der Waals surface area contributed by atoms with E-state index in [-0.39, 0.29) is 23.3 Å². The van der Waals surface area contributed by atoms with Crippen LogP contribution < -0.4 is 11.0 Å². The van der Waals surface area contributed by atoms with Gasteiger partial charge in [-0.25, -0.2) is 4.79 Å². The maximum absolute atomic E-state index is 11.3. The van der Waals surface area contributed by atoms with E-state index in [1.165, 1.54) is 6.20 Å². The lowest BCUT2D eigenvalue weighted by Gasteiger charge is -2.09. The van der Waals surface area contributed by atoms with E-state index in [9.17, 15) is 9.59 Å². The molecule has 5 nitrogen and oxygen atoms in total. The van der Waals surface area contributed by atoms with Gasteiger partial charge < -0.3 is 15.3 Å². The van der Waals surface area contributed by atoms with Crippen molar-refractivity contribution in [1.29, 1.82) is 0 Å². The Morgan fingerprint density at radius 1 is 1.69 bits per heavy atom. The first-order chi connectivity index (χ1) is 6.13. The number of aromatic nitrogens is 2. The zero-order valence-electron chi connectivity index (χ0n) is 7.68. The first kappa shape index (κ1) is 9.57. The molecule has 1 aromatic rings. The zero-order valence-corrected chi connectivity index (χ0v) is 7.68. The van der Waals surface area contributed by atoms with E-state index in [0.717, 1.165) is 6.42 Å². The smallest absolute Gasteiger partial charge is 0.323 e. The number of hydrogen-bond donors (Lipinski definition) is 3. The van der Waals surface area contributed by atoms with Crippen molar-refractivity contribution in [3.05, 3.63) is 22.4 Å². The molecule has 1 amide bonds. The molecule has 0 radical (unpaired) electrons. The Morgan fingerprint density at radius 3 is 2.85 bits per heavy atom. The van der Waals surface area contributed by atoms with Crippen LogP contribution in [-0.4, -0.2) is 21.9 Å². The second-order valence-electron chi connectivity index (χ2n) is 2.94. The minimum Gasteiger partial charge on any atom is -0.348 e. The summed E-state index contributed by atoms with van der Waals surface area (Å²) in [6.45, 7) is 3.88. The highest BCUT2D eigenvalue weighted by atomic mass is 16.2. The van der Waals surface area contributed by atoms with E-state index >= 15 is 0 Å². The largest absolute Gasteiger partial charge is 0.348 e. The number of amides is 1. The Morgan fingerprint density at radius 2 is 2.38 bits per heavy atom. The summed E-state index contributed by atoms with van der Waals surface area (Å²) in [4.78, 5) is 26.7. The summed E-state index contributed by atoms with van der Waals surface area (Å²) in [5, 5.41) is 2.73. The molecule has 0 aliphatic carbocycles. The van der Waals surface area contributed by atoms with Crippen molar-refractivity contribution in [1.82, 2.24) is 15.3 Å². The van der Waals surface area contributed by atoms with Crippen molar-refractivity contribution in [2.75, 3.05) is 0 Å². The lowest BCUT2D eigenvalue weighted by Crippen LogP contribution is -2.32. The van der Waals surface area contributed by atoms with Crippen LogP contribution in [0.15, 0.2) is 11.0 Å². The Hall–Kier alpha value is -1.52. The van der Waals surface area contributed by atoms with Crippen LogP contribution in [0.3, 0.4) is 0 Å². The summed E-state index contributed by atoms with van der Waals surface area (Å²) < 4.78 is 0. The highest BCUT2D eigenvalue weighted by Gasteiger charge is 2.09. The number of hydrogen-bond acceptors (Lipinski definition) is 2. The molecule has 0 saturated heterocycles. The van der Waals surface area contributed by atoms with Crippen LogP contribution in [0.4, 0.5) is 0 Å². The van der Waals surface area contributed by atoms with Gasteiger partial charge in [-0.05, 0) is 13.3 Å². The number of rotatable bonds is 3. The van der Waals surface area contributed by atoms with Crippen LogP contribution in [0.1, 0.15) is 30.8 Å². The summed E-state index contributed by atoms with van der Waals surface area (Å²) in [5.41, 5.74) is -0.0976. The van der Waals surface area contributed by atoms with Gasteiger partial charge in [0.05, 0.1) is 0 Å². The van der Waals surface area contributed by atoms with Gasteiger partial charge >= 0.3 is 5.69 Å². The standard InChI is InChI=1S/C8H13N3O2/c1-3-5(2)10-7(12)6-4-9-8(13)11-6/h4-5H,3H2,1-2H3,(H,10,12)(H2,9,11,13). The minimum absolute atomic E-state index is 0.117. The Kier molecular flexibility index (Phi) is 2.89. The first-order valence-corrected chi connectivity index (χ1v) is 4.22. The molecule has 0 aliphatic rings. The van der Waals surface area contributed by atoms with Crippen molar-refractivity contribution in [3.63, 3.8) is 0 Å². The summed E-state index contributed by atoms with van der Waals surface area (Å²) in [7, 11) is 0. The monoisotopic (exact) mass is 183 g/mol. The fourth-order valence-corrected chi connectivity index (χ4v) is 0.858. The van der Waals surface area contributed by atoms with E-state index in [1.54, 1.807) is 0 Å². The molecule has 1 unspecified atom stereocenters. The number of H-pyrrole nitrogens is 2. The van der Waals surface area contributed by atoms with Crippen LogP contribution in [-0.2, 0) is 0 Å². The molecule has 0 fully saturated rings. The molecule has 1 heterocycles. The fraction of sp³-hybridized carbons (Fsp3) is 0.500. The molecule has 5 heteroatoms. The molecule has 0 saturated carbocycles. The number of imidazole rings is 1. The molecule has 1 aromatic heterocycles. The third-order valence-electron chi connectivity index (χ3n) is 1.83. The molecule has 72 valence electrons. The maximum atomic E-state index is 11.3. The van der Waals surface area contributed by atoms with E-state index in [0.29, 0.717) is 0 Å².